The van der Waals surface area contributed by atoms with E-state index < -0.39 is 0 Å². The van der Waals surface area contributed by atoms with E-state index in [0.717, 1.165) is 16.9 Å². The Balaban J connectivity index is 1.66. The van der Waals surface area contributed by atoms with Crippen molar-refractivity contribution in [2.45, 2.75) is 6.04 Å². The van der Waals surface area contributed by atoms with E-state index in [2.05, 4.69) is 5.32 Å². The SMILES string of the molecule is COc1ccccc1C(CNC(=O)/C=C/c1cc(Cl)c2c(c1)OCCO2)N(C)C. The van der Waals surface area contributed by atoms with E-state index in [4.69, 9.17) is 25.8 Å². The van der Waals surface area contributed by atoms with Crippen LogP contribution in [-0.2, 0) is 4.79 Å². The lowest BCUT2D eigenvalue weighted by Gasteiger charge is -2.26. The van der Waals surface area contributed by atoms with Crippen molar-refractivity contribution in [2.24, 2.45) is 0 Å². The van der Waals surface area contributed by atoms with Crippen molar-refractivity contribution >= 4 is 23.6 Å². The number of hydrogen-bond donors (Lipinski definition) is 1. The van der Waals surface area contributed by atoms with Crippen LogP contribution in [-0.4, -0.2) is 51.8 Å². The molecule has 0 aromatic heterocycles. The van der Waals surface area contributed by atoms with E-state index in [1.807, 2.05) is 49.3 Å². The number of rotatable bonds is 7. The van der Waals surface area contributed by atoms with Crippen LogP contribution in [0.15, 0.2) is 42.5 Å². The summed E-state index contributed by atoms with van der Waals surface area (Å²) in [6, 6.07) is 11.3. The zero-order valence-electron chi connectivity index (χ0n) is 16.8. The molecule has 0 spiro atoms. The topological polar surface area (TPSA) is 60.0 Å². The third kappa shape index (κ3) is 5.22. The number of fused-ring (bicyclic) bond motifs is 1. The molecule has 0 fully saturated rings. The lowest BCUT2D eigenvalue weighted by Crippen LogP contribution is -2.33. The molecule has 2 aromatic rings. The molecule has 1 N–H and O–H groups in total. The van der Waals surface area contributed by atoms with Crippen LogP contribution in [0, 0.1) is 0 Å². The van der Waals surface area contributed by atoms with E-state index in [1.165, 1.54) is 6.08 Å². The highest BCUT2D eigenvalue weighted by molar-refractivity contribution is 6.32. The van der Waals surface area contributed by atoms with Gasteiger partial charge in [-0.1, -0.05) is 29.8 Å². The minimum Gasteiger partial charge on any atom is -0.496 e. The Morgan fingerprint density at radius 2 is 2.03 bits per heavy atom. The maximum Gasteiger partial charge on any atom is 0.244 e. The Hall–Kier alpha value is -2.70. The highest BCUT2D eigenvalue weighted by atomic mass is 35.5. The number of hydrogen-bond acceptors (Lipinski definition) is 5. The molecular formula is C22H25ClN2O4. The Morgan fingerprint density at radius 1 is 1.28 bits per heavy atom. The van der Waals surface area contributed by atoms with Gasteiger partial charge < -0.3 is 24.4 Å². The van der Waals surface area contributed by atoms with Gasteiger partial charge in [0.05, 0.1) is 18.2 Å². The first-order chi connectivity index (χ1) is 14.0. The third-order valence-corrected chi connectivity index (χ3v) is 4.92. The first kappa shape index (κ1) is 21.0. The number of carbonyl (C=O) groups excluding carboxylic acids is 1. The standard InChI is InChI=1S/C22H25ClN2O4/c1-25(2)18(16-6-4-5-7-19(16)27-3)14-24-21(26)9-8-15-12-17(23)22-20(13-15)28-10-11-29-22/h4-9,12-13,18H,10-11,14H2,1-3H3,(H,24,26)/b9-8+. The molecule has 0 saturated carbocycles. The Labute approximate surface area is 176 Å². The molecule has 1 atom stereocenters. The number of halogens is 1. The summed E-state index contributed by atoms with van der Waals surface area (Å²) in [7, 11) is 5.58. The molecule has 6 nitrogen and oxygen atoms in total. The second kappa shape index (κ2) is 9.67. The molecule has 7 heteroatoms. The van der Waals surface area contributed by atoms with Crippen molar-refractivity contribution in [2.75, 3.05) is 41.0 Å². The summed E-state index contributed by atoms with van der Waals surface area (Å²) in [6.45, 7) is 1.40. The molecule has 0 bridgehead atoms. The van der Waals surface area contributed by atoms with E-state index in [9.17, 15) is 4.79 Å². The van der Waals surface area contributed by atoms with Crippen LogP contribution in [0.2, 0.25) is 5.02 Å². The highest BCUT2D eigenvalue weighted by Gasteiger charge is 2.19. The molecule has 1 heterocycles. The molecule has 0 aliphatic carbocycles. The number of benzene rings is 2. The van der Waals surface area contributed by atoms with E-state index in [0.29, 0.717) is 36.3 Å². The van der Waals surface area contributed by atoms with Gasteiger partial charge in [0.15, 0.2) is 11.5 Å². The quantitative estimate of drug-likeness (QED) is 0.699. The number of methoxy groups -OCH3 is 1. The zero-order chi connectivity index (χ0) is 20.8. The Bertz CT molecular complexity index is 898. The molecule has 1 unspecified atom stereocenters. The van der Waals surface area contributed by atoms with Gasteiger partial charge in [-0.3, -0.25) is 4.79 Å². The van der Waals surface area contributed by atoms with Crippen LogP contribution in [0.25, 0.3) is 6.08 Å². The second-order valence-corrected chi connectivity index (χ2v) is 7.23. The minimum atomic E-state index is -0.197. The molecule has 0 radical (unpaired) electrons. The number of para-hydroxylation sites is 1. The van der Waals surface area contributed by atoms with E-state index in [1.54, 1.807) is 19.3 Å². The van der Waals surface area contributed by atoms with Gasteiger partial charge in [0.25, 0.3) is 0 Å². The maximum absolute atomic E-state index is 12.4. The molecule has 29 heavy (non-hydrogen) atoms. The van der Waals surface area contributed by atoms with Gasteiger partial charge in [-0.2, -0.15) is 0 Å². The number of nitrogens with one attached hydrogen (secondary N) is 1. The largest absolute Gasteiger partial charge is 0.496 e. The molecule has 3 rings (SSSR count). The third-order valence-electron chi connectivity index (χ3n) is 4.64. The molecule has 154 valence electrons. The highest BCUT2D eigenvalue weighted by Crippen LogP contribution is 2.38. The average molecular weight is 417 g/mol. The van der Waals surface area contributed by atoms with Gasteiger partial charge in [-0.25, -0.2) is 0 Å². The van der Waals surface area contributed by atoms with Crippen molar-refractivity contribution in [3.63, 3.8) is 0 Å². The molecule has 1 aliphatic heterocycles. The van der Waals surface area contributed by atoms with Crippen molar-refractivity contribution < 1.29 is 19.0 Å². The fourth-order valence-corrected chi connectivity index (χ4v) is 3.44. The number of ether oxygens (including phenoxy) is 3. The van der Waals surface area contributed by atoms with Crippen LogP contribution >= 0.6 is 11.6 Å². The van der Waals surface area contributed by atoms with Gasteiger partial charge in [0.2, 0.25) is 5.91 Å². The molecule has 2 aromatic carbocycles. The predicted octanol–water partition coefficient (Wildman–Crippen LogP) is 3.55. The summed E-state index contributed by atoms with van der Waals surface area (Å²) in [5, 5.41) is 3.41. The fourth-order valence-electron chi connectivity index (χ4n) is 3.17. The summed E-state index contributed by atoms with van der Waals surface area (Å²) in [5.74, 6) is 1.73. The predicted molar refractivity (Wildman–Crippen MR) is 114 cm³/mol. The van der Waals surface area contributed by atoms with Gasteiger partial charge in [0, 0.05) is 18.2 Å². The van der Waals surface area contributed by atoms with Crippen molar-refractivity contribution in [1.82, 2.24) is 10.2 Å². The summed E-state index contributed by atoms with van der Waals surface area (Å²) in [6.07, 6.45) is 3.18. The van der Waals surface area contributed by atoms with Crippen LogP contribution in [0.4, 0.5) is 0 Å². The lowest BCUT2D eigenvalue weighted by atomic mass is 10.0. The van der Waals surface area contributed by atoms with Crippen molar-refractivity contribution in [3.8, 4) is 17.2 Å². The summed E-state index contributed by atoms with van der Waals surface area (Å²) >= 11 is 6.24. The number of likely N-dealkylation sites (N-methyl/N-ethyl adjacent to an activating group) is 1. The molecule has 1 amide bonds. The zero-order valence-corrected chi connectivity index (χ0v) is 17.5. The van der Waals surface area contributed by atoms with Crippen LogP contribution in [0.5, 0.6) is 17.2 Å². The molecule has 0 saturated heterocycles. The van der Waals surface area contributed by atoms with E-state index >= 15 is 0 Å². The van der Waals surface area contributed by atoms with Gasteiger partial charge in [-0.15, -0.1) is 0 Å². The van der Waals surface area contributed by atoms with Crippen LogP contribution < -0.4 is 19.5 Å². The second-order valence-electron chi connectivity index (χ2n) is 6.83. The number of nitrogens with zero attached hydrogens (tertiary/aromatic N) is 1. The van der Waals surface area contributed by atoms with E-state index in [-0.39, 0.29) is 11.9 Å². The normalized spacial score (nSPS) is 14.1. The molecule has 1 aliphatic rings. The fraction of sp³-hybridized carbons (Fsp3) is 0.318. The van der Waals surface area contributed by atoms with Crippen molar-refractivity contribution in [3.05, 3.63) is 58.6 Å². The van der Waals surface area contributed by atoms with Gasteiger partial charge >= 0.3 is 0 Å². The van der Waals surface area contributed by atoms with Crippen molar-refractivity contribution in [1.29, 1.82) is 0 Å². The first-order valence-electron chi connectivity index (χ1n) is 9.34. The summed E-state index contributed by atoms with van der Waals surface area (Å²) < 4.78 is 16.5. The lowest BCUT2D eigenvalue weighted by molar-refractivity contribution is -0.116. The average Bonchev–Trinajstić information content (AvgIpc) is 2.72. The summed E-state index contributed by atoms with van der Waals surface area (Å²) in [5.41, 5.74) is 1.78. The molecular weight excluding hydrogens is 392 g/mol. The smallest absolute Gasteiger partial charge is 0.244 e. The minimum absolute atomic E-state index is 0.0211. The Kier molecular flexibility index (Phi) is 7.01. The van der Waals surface area contributed by atoms with Crippen LogP contribution in [0.3, 0.4) is 0 Å². The van der Waals surface area contributed by atoms with Gasteiger partial charge in [0.1, 0.15) is 19.0 Å². The number of carbonyl (C=O) groups is 1. The van der Waals surface area contributed by atoms with Crippen LogP contribution in [0.1, 0.15) is 17.2 Å². The monoisotopic (exact) mass is 416 g/mol. The number of amides is 1. The first-order valence-corrected chi connectivity index (χ1v) is 9.71. The van der Waals surface area contributed by atoms with Gasteiger partial charge in [-0.05, 0) is 43.9 Å². The Morgan fingerprint density at radius 3 is 2.79 bits per heavy atom. The maximum atomic E-state index is 12.4. The summed E-state index contributed by atoms with van der Waals surface area (Å²) in [4.78, 5) is 14.4.